The van der Waals surface area contributed by atoms with Gasteiger partial charge in [0.25, 0.3) is 0 Å². The highest BCUT2D eigenvalue weighted by Crippen LogP contribution is 2.24. The summed E-state index contributed by atoms with van der Waals surface area (Å²) in [5.74, 6) is 0.913. The molecule has 0 amide bonds. The highest BCUT2D eigenvalue weighted by Gasteiger charge is 2.04. The third-order valence-electron chi connectivity index (χ3n) is 1.92. The number of rotatable bonds is 4. The van der Waals surface area contributed by atoms with Crippen molar-refractivity contribution in [3.05, 3.63) is 46.4 Å². The van der Waals surface area contributed by atoms with Crippen molar-refractivity contribution in [2.24, 2.45) is 5.73 Å². The van der Waals surface area contributed by atoms with Crippen molar-refractivity contribution in [2.45, 2.75) is 10.6 Å². The second kappa shape index (κ2) is 5.14. The molecule has 1 heterocycles. The molecule has 3 N–H and O–H groups in total. The Bertz CT molecular complexity index is 479. The first-order valence-corrected chi connectivity index (χ1v) is 6.53. The molecule has 1 aromatic heterocycles. The molecule has 0 aliphatic heterocycles. The number of aromatic nitrogens is 1. The number of amidine groups is 1. The van der Waals surface area contributed by atoms with Gasteiger partial charge in [0.05, 0.1) is 10.6 Å². The minimum atomic E-state index is 0.0912. The molecular formula is C11H11N3S2. The molecular weight excluding hydrogens is 238 g/mol. The van der Waals surface area contributed by atoms with Crippen LogP contribution in [0.4, 0.5) is 0 Å². The summed E-state index contributed by atoms with van der Waals surface area (Å²) in [7, 11) is 0. The van der Waals surface area contributed by atoms with Gasteiger partial charge in [-0.2, -0.15) is 0 Å². The molecule has 0 saturated heterocycles. The average Bonchev–Trinajstić information content (AvgIpc) is 2.76. The maximum atomic E-state index is 7.29. The molecule has 1 aromatic carbocycles. The molecule has 0 aliphatic rings. The monoisotopic (exact) mass is 249 g/mol. The predicted octanol–water partition coefficient (Wildman–Crippen LogP) is 2.72. The quantitative estimate of drug-likeness (QED) is 0.497. The number of hydrogen-bond acceptors (Lipinski definition) is 4. The fourth-order valence-electron chi connectivity index (χ4n) is 1.16. The highest BCUT2D eigenvalue weighted by molar-refractivity contribution is 7.98. The van der Waals surface area contributed by atoms with Crippen molar-refractivity contribution >= 4 is 28.9 Å². The van der Waals surface area contributed by atoms with Gasteiger partial charge in [0.2, 0.25) is 0 Å². The first-order chi connectivity index (χ1) is 7.75. The second-order valence-corrected chi connectivity index (χ2v) is 5.30. The lowest BCUT2D eigenvalue weighted by Crippen LogP contribution is -2.08. The molecule has 0 unspecified atom stereocenters. The minimum Gasteiger partial charge on any atom is -0.383 e. The molecule has 5 heteroatoms. The zero-order chi connectivity index (χ0) is 11.4. The van der Waals surface area contributed by atoms with Crippen LogP contribution in [0.5, 0.6) is 0 Å². The minimum absolute atomic E-state index is 0.0912. The van der Waals surface area contributed by atoms with Crippen LogP contribution in [0.25, 0.3) is 0 Å². The lowest BCUT2D eigenvalue weighted by Gasteiger charge is -1.97. The summed E-state index contributed by atoms with van der Waals surface area (Å²) in [6, 6.07) is 10.2. The van der Waals surface area contributed by atoms with Gasteiger partial charge in [-0.1, -0.05) is 18.2 Å². The Morgan fingerprint density at radius 1 is 1.38 bits per heavy atom. The van der Waals surface area contributed by atoms with E-state index in [2.05, 4.69) is 17.1 Å². The molecule has 0 saturated carbocycles. The van der Waals surface area contributed by atoms with E-state index >= 15 is 0 Å². The fraction of sp³-hybridized carbons (Fsp3) is 0.0909. The van der Waals surface area contributed by atoms with E-state index in [9.17, 15) is 0 Å². The van der Waals surface area contributed by atoms with E-state index in [0.717, 1.165) is 15.6 Å². The summed E-state index contributed by atoms with van der Waals surface area (Å²) in [6.07, 6.45) is 1.66. The topological polar surface area (TPSA) is 62.8 Å². The fourth-order valence-corrected chi connectivity index (χ4v) is 2.86. The third kappa shape index (κ3) is 2.84. The molecule has 0 radical (unpaired) electrons. The van der Waals surface area contributed by atoms with Gasteiger partial charge >= 0.3 is 0 Å². The van der Waals surface area contributed by atoms with E-state index in [1.807, 2.05) is 18.2 Å². The van der Waals surface area contributed by atoms with E-state index in [4.69, 9.17) is 11.1 Å². The summed E-state index contributed by atoms with van der Waals surface area (Å²) in [5, 5.41) is 8.29. The summed E-state index contributed by atoms with van der Waals surface area (Å²) in [5.41, 5.74) is 5.38. The molecule has 82 valence electrons. The van der Waals surface area contributed by atoms with Crippen LogP contribution in [-0.4, -0.2) is 10.8 Å². The predicted molar refractivity (Wildman–Crippen MR) is 69.1 cm³/mol. The Labute approximate surface area is 102 Å². The van der Waals surface area contributed by atoms with E-state index in [0.29, 0.717) is 0 Å². The average molecular weight is 249 g/mol. The Kier molecular flexibility index (Phi) is 3.58. The van der Waals surface area contributed by atoms with Crippen molar-refractivity contribution < 1.29 is 0 Å². The lowest BCUT2D eigenvalue weighted by molar-refractivity contribution is 1.26. The van der Waals surface area contributed by atoms with Gasteiger partial charge in [-0.3, -0.25) is 5.41 Å². The zero-order valence-corrected chi connectivity index (χ0v) is 10.1. The number of hydrogen-bond donors (Lipinski definition) is 2. The maximum Gasteiger partial charge on any atom is 0.134 e. The van der Waals surface area contributed by atoms with Gasteiger partial charge in [0.15, 0.2) is 0 Å². The molecule has 2 aromatic rings. The molecule has 0 aliphatic carbocycles. The van der Waals surface area contributed by atoms with Gasteiger partial charge in [-0.15, -0.1) is 23.1 Å². The number of thiazole rings is 1. The first kappa shape index (κ1) is 11.2. The molecule has 2 rings (SSSR count). The van der Waals surface area contributed by atoms with Crippen molar-refractivity contribution in [3.8, 4) is 0 Å². The Balaban J connectivity index is 1.97. The Morgan fingerprint density at radius 2 is 2.12 bits per heavy atom. The van der Waals surface area contributed by atoms with Crippen molar-refractivity contribution in [3.63, 3.8) is 0 Å². The van der Waals surface area contributed by atoms with Crippen LogP contribution < -0.4 is 5.73 Å². The largest absolute Gasteiger partial charge is 0.383 e. The number of thioether (sulfide) groups is 1. The normalized spacial score (nSPS) is 10.2. The van der Waals surface area contributed by atoms with E-state index in [1.54, 1.807) is 18.0 Å². The number of benzene rings is 1. The van der Waals surface area contributed by atoms with Crippen LogP contribution >= 0.6 is 23.1 Å². The third-order valence-corrected chi connectivity index (χ3v) is 4.16. The molecule has 0 atom stereocenters. The molecule has 0 bridgehead atoms. The van der Waals surface area contributed by atoms with Crippen LogP contribution in [-0.2, 0) is 5.75 Å². The SMILES string of the molecule is N=C(N)c1cnc(CSc2ccccc2)s1. The van der Waals surface area contributed by atoms with Crippen molar-refractivity contribution in [2.75, 3.05) is 0 Å². The van der Waals surface area contributed by atoms with Gasteiger partial charge < -0.3 is 5.73 Å². The number of nitrogens with two attached hydrogens (primary N) is 1. The van der Waals surface area contributed by atoms with Crippen LogP contribution in [0.15, 0.2) is 41.4 Å². The Morgan fingerprint density at radius 3 is 2.75 bits per heavy atom. The lowest BCUT2D eigenvalue weighted by atomic mass is 10.4. The Hall–Kier alpha value is -1.33. The van der Waals surface area contributed by atoms with Gasteiger partial charge in [-0.05, 0) is 12.1 Å². The smallest absolute Gasteiger partial charge is 0.134 e. The molecule has 0 spiro atoms. The van der Waals surface area contributed by atoms with Crippen molar-refractivity contribution in [1.82, 2.24) is 4.98 Å². The van der Waals surface area contributed by atoms with Crippen LogP contribution in [0.3, 0.4) is 0 Å². The zero-order valence-electron chi connectivity index (χ0n) is 8.51. The first-order valence-electron chi connectivity index (χ1n) is 4.72. The van der Waals surface area contributed by atoms with E-state index < -0.39 is 0 Å². The summed E-state index contributed by atoms with van der Waals surface area (Å²) in [6.45, 7) is 0. The maximum absolute atomic E-state index is 7.29. The van der Waals surface area contributed by atoms with Crippen molar-refractivity contribution in [1.29, 1.82) is 5.41 Å². The van der Waals surface area contributed by atoms with Gasteiger partial charge in [-0.25, -0.2) is 4.98 Å². The number of nitrogen functional groups attached to an aromatic ring is 1. The van der Waals surface area contributed by atoms with Crippen LogP contribution in [0.2, 0.25) is 0 Å². The molecule has 3 nitrogen and oxygen atoms in total. The molecule has 16 heavy (non-hydrogen) atoms. The van der Waals surface area contributed by atoms with Gasteiger partial charge in [0.1, 0.15) is 10.8 Å². The summed E-state index contributed by atoms with van der Waals surface area (Å²) >= 11 is 3.21. The van der Waals surface area contributed by atoms with Crippen LogP contribution in [0.1, 0.15) is 9.88 Å². The van der Waals surface area contributed by atoms with Gasteiger partial charge in [0, 0.05) is 11.1 Å². The highest BCUT2D eigenvalue weighted by atomic mass is 32.2. The standard InChI is InChI=1S/C11H11N3S2/c12-11(13)9-6-14-10(16-9)7-15-8-4-2-1-3-5-8/h1-6H,7H2,(H3,12,13). The number of nitrogens with zero attached hydrogens (tertiary/aromatic N) is 1. The molecule has 0 fully saturated rings. The van der Waals surface area contributed by atoms with E-state index in [1.165, 1.54) is 16.2 Å². The summed E-state index contributed by atoms with van der Waals surface area (Å²) < 4.78 is 0. The summed E-state index contributed by atoms with van der Waals surface area (Å²) in [4.78, 5) is 6.19. The second-order valence-electron chi connectivity index (χ2n) is 3.13. The van der Waals surface area contributed by atoms with Crippen LogP contribution in [0, 0.1) is 5.41 Å². The van der Waals surface area contributed by atoms with E-state index in [-0.39, 0.29) is 5.84 Å². The number of nitrogens with one attached hydrogen (secondary N) is 1.